The minimum atomic E-state index is -0.227. The lowest BCUT2D eigenvalue weighted by Crippen LogP contribution is -2.05. The second kappa shape index (κ2) is 7.06. The Morgan fingerprint density at radius 3 is 3.06 bits per heavy atom. The van der Waals surface area contributed by atoms with Gasteiger partial charge in [-0.15, -0.1) is 0 Å². The quantitative estimate of drug-likeness (QED) is 0.516. The normalized spacial score (nSPS) is 10.5. The van der Waals surface area contributed by atoms with Gasteiger partial charge in [-0.25, -0.2) is 0 Å². The second-order valence-corrected chi connectivity index (χ2v) is 4.23. The molecule has 0 aliphatic heterocycles. The van der Waals surface area contributed by atoms with E-state index in [0.717, 1.165) is 15.7 Å². The second-order valence-electron chi connectivity index (χ2n) is 3.37. The zero-order valence-electron chi connectivity index (χ0n) is 9.87. The van der Waals surface area contributed by atoms with E-state index in [1.165, 1.54) is 6.21 Å². The Balaban J connectivity index is 2.42. The Morgan fingerprint density at radius 2 is 2.35 bits per heavy atom. The summed E-state index contributed by atoms with van der Waals surface area (Å²) in [6, 6.07) is 5.81. The predicted molar refractivity (Wildman–Crippen MR) is 72.2 cm³/mol. The van der Waals surface area contributed by atoms with Crippen molar-refractivity contribution in [2.24, 2.45) is 5.10 Å². The van der Waals surface area contributed by atoms with Gasteiger partial charge in [0.2, 0.25) is 0 Å². The van der Waals surface area contributed by atoms with Gasteiger partial charge in [0.25, 0.3) is 0 Å². The van der Waals surface area contributed by atoms with Crippen LogP contribution in [0.25, 0.3) is 0 Å². The molecule has 0 saturated carbocycles. The number of hydrogen-bond donors (Lipinski definition) is 1. The highest BCUT2D eigenvalue weighted by molar-refractivity contribution is 9.10. The molecule has 5 heteroatoms. The molecule has 0 saturated heterocycles. The van der Waals surface area contributed by atoms with Crippen molar-refractivity contribution >= 4 is 33.8 Å². The summed E-state index contributed by atoms with van der Waals surface area (Å²) in [5.41, 5.74) is 4.89. The third-order valence-corrected chi connectivity index (χ3v) is 3.01. The van der Waals surface area contributed by atoms with Crippen LogP contribution >= 0.6 is 15.9 Å². The molecule has 0 unspecified atom stereocenters. The van der Waals surface area contributed by atoms with Crippen LogP contribution in [-0.4, -0.2) is 18.8 Å². The molecule has 0 spiro atoms. The molecular formula is C12H15BrN2O2. The molecule has 0 heterocycles. The lowest BCUT2D eigenvalue weighted by molar-refractivity contribution is -0.141. The maximum Gasteiger partial charge on any atom is 0.305 e. The molecule has 17 heavy (non-hydrogen) atoms. The molecule has 92 valence electrons. The molecule has 1 rings (SSSR count). The monoisotopic (exact) mass is 298 g/mol. The fraction of sp³-hybridized carbons (Fsp3) is 0.333. The van der Waals surface area contributed by atoms with Crippen molar-refractivity contribution in [2.75, 3.05) is 12.0 Å². The van der Waals surface area contributed by atoms with Gasteiger partial charge in [-0.2, -0.15) is 5.10 Å². The van der Waals surface area contributed by atoms with Crippen molar-refractivity contribution in [1.82, 2.24) is 0 Å². The number of halogens is 1. The summed E-state index contributed by atoms with van der Waals surface area (Å²) >= 11 is 3.44. The van der Waals surface area contributed by atoms with Crippen LogP contribution in [0.2, 0.25) is 0 Å². The van der Waals surface area contributed by atoms with Crippen molar-refractivity contribution in [3.05, 3.63) is 28.2 Å². The van der Waals surface area contributed by atoms with Gasteiger partial charge in [-0.3, -0.25) is 10.2 Å². The number of carbonyl (C=O) groups excluding carboxylic acids is 1. The largest absolute Gasteiger partial charge is 0.460 e. The van der Waals surface area contributed by atoms with E-state index < -0.39 is 0 Å². The highest BCUT2D eigenvalue weighted by Gasteiger charge is 1.99. The highest BCUT2D eigenvalue weighted by Crippen LogP contribution is 2.23. The summed E-state index contributed by atoms with van der Waals surface area (Å²) in [5.74, 6) is -0.227. The summed E-state index contributed by atoms with van der Waals surface area (Å²) in [7, 11) is 0. The highest BCUT2D eigenvalue weighted by atomic mass is 79.9. The maximum absolute atomic E-state index is 10.8. The van der Waals surface area contributed by atoms with Crippen LogP contribution in [0.3, 0.4) is 0 Å². The number of esters is 1. The first kappa shape index (κ1) is 13.7. The minimum Gasteiger partial charge on any atom is -0.460 e. The van der Waals surface area contributed by atoms with Gasteiger partial charge >= 0.3 is 5.97 Å². The van der Waals surface area contributed by atoms with Gasteiger partial charge in [0.05, 0.1) is 11.9 Å². The fourth-order valence-electron chi connectivity index (χ4n) is 1.11. The van der Waals surface area contributed by atoms with Crippen molar-refractivity contribution in [2.45, 2.75) is 20.3 Å². The zero-order valence-corrected chi connectivity index (χ0v) is 11.5. The van der Waals surface area contributed by atoms with Gasteiger partial charge in [-0.1, -0.05) is 28.9 Å². The van der Waals surface area contributed by atoms with Crippen molar-refractivity contribution < 1.29 is 9.53 Å². The third-order valence-electron chi connectivity index (χ3n) is 2.15. The predicted octanol–water partition coefficient (Wildman–Crippen LogP) is 3.11. The average molecular weight is 299 g/mol. The molecule has 1 aromatic rings. The number of anilines is 1. The fourth-order valence-corrected chi connectivity index (χ4v) is 1.48. The van der Waals surface area contributed by atoms with Crippen molar-refractivity contribution in [3.8, 4) is 0 Å². The molecule has 1 aromatic carbocycles. The van der Waals surface area contributed by atoms with Crippen molar-refractivity contribution in [3.63, 3.8) is 0 Å². The topological polar surface area (TPSA) is 50.7 Å². The zero-order chi connectivity index (χ0) is 12.7. The van der Waals surface area contributed by atoms with Gasteiger partial charge in [0.15, 0.2) is 0 Å². The van der Waals surface area contributed by atoms with Gasteiger partial charge in [0.1, 0.15) is 6.61 Å². The summed E-state index contributed by atoms with van der Waals surface area (Å²) < 4.78 is 5.87. The van der Waals surface area contributed by atoms with E-state index in [0.29, 0.717) is 6.42 Å². The summed E-state index contributed by atoms with van der Waals surface area (Å²) in [5, 5.41) is 3.98. The van der Waals surface area contributed by atoms with E-state index in [-0.39, 0.29) is 12.6 Å². The first-order chi connectivity index (χ1) is 8.15. The molecule has 0 bridgehead atoms. The third kappa shape index (κ3) is 4.56. The number of nitrogens with one attached hydrogen (secondary N) is 1. The number of hydrazone groups is 1. The van der Waals surface area contributed by atoms with Gasteiger partial charge < -0.3 is 4.74 Å². The van der Waals surface area contributed by atoms with Crippen LogP contribution < -0.4 is 5.43 Å². The van der Waals surface area contributed by atoms with E-state index in [1.807, 2.05) is 25.1 Å². The maximum atomic E-state index is 10.8. The molecule has 0 amide bonds. The van der Waals surface area contributed by atoms with E-state index in [4.69, 9.17) is 4.74 Å². The van der Waals surface area contributed by atoms with E-state index >= 15 is 0 Å². The smallest absolute Gasteiger partial charge is 0.305 e. The van der Waals surface area contributed by atoms with Gasteiger partial charge in [-0.05, 0) is 24.6 Å². The first-order valence-electron chi connectivity index (χ1n) is 5.33. The number of ether oxygens (including phenoxy) is 1. The molecule has 0 aromatic heterocycles. The van der Waals surface area contributed by atoms with E-state index in [2.05, 4.69) is 26.5 Å². The van der Waals surface area contributed by atoms with Crippen LogP contribution in [0.15, 0.2) is 27.8 Å². The summed E-state index contributed by atoms with van der Waals surface area (Å²) in [4.78, 5) is 10.8. The molecule has 4 nitrogen and oxygen atoms in total. The lowest BCUT2D eigenvalue weighted by atomic mass is 10.2. The van der Waals surface area contributed by atoms with E-state index in [1.54, 1.807) is 6.92 Å². The molecule has 0 fully saturated rings. The van der Waals surface area contributed by atoms with Crippen LogP contribution in [0.5, 0.6) is 0 Å². The van der Waals surface area contributed by atoms with Crippen LogP contribution in [0.4, 0.5) is 5.69 Å². The lowest BCUT2D eigenvalue weighted by Gasteiger charge is -2.05. The summed E-state index contributed by atoms with van der Waals surface area (Å²) in [6.07, 6.45) is 1.90. The SMILES string of the molecule is CCC(=O)OCC=NNc1cccc(Br)c1C. The molecular weight excluding hydrogens is 284 g/mol. The Morgan fingerprint density at radius 1 is 1.59 bits per heavy atom. The van der Waals surface area contributed by atoms with Gasteiger partial charge in [0, 0.05) is 10.9 Å². The minimum absolute atomic E-state index is 0.187. The Labute approximate surface area is 109 Å². The number of carbonyl (C=O) groups is 1. The Hall–Kier alpha value is -1.36. The van der Waals surface area contributed by atoms with Crippen LogP contribution in [-0.2, 0) is 9.53 Å². The van der Waals surface area contributed by atoms with E-state index in [9.17, 15) is 4.79 Å². The van der Waals surface area contributed by atoms with Crippen molar-refractivity contribution in [1.29, 1.82) is 0 Å². The average Bonchev–Trinajstić information content (AvgIpc) is 2.33. The molecule has 0 aliphatic carbocycles. The molecule has 0 atom stereocenters. The standard InChI is InChI=1S/C12H15BrN2O2/c1-3-12(16)17-8-7-14-15-11-6-4-5-10(13)9(11)2/h4-7,15H,3,8H2,1-2H3. The Kier molecular flexibility index (Phi) is 5.69. The number of rotatable bonds is 5. The number of hydrogen-bond acceptors (Lipinski definition) is 4. The van der Waals surface area contributed by atoms with Crippen LogP contribution in [0.1, 0.15) is 18.9 Å². The molecule has 1 N–H and O–H groups in total. The molecule has 0 aliphatic rings. The van der Waals surface area contributed by atoms with Crippen LogP contribution in [0, 0.1) is 6.92 Å². The number of benzene rings is 1. The Bertz CT molecular complexity index is 419. The molecule has 0 radical (unpaired) electrons. The number of nitrogens with zero attached hydrogens (tertiary/aromatic N) is 1. The first-order valence-corrected chi connectivity index (χ1v) is 6.12. The summed E-state index contributed by atoms with van der Waals surface area (Å²) in [6.45, 7) is 3.92.